The van der Waals surface area contributed by atoms with E-state index in [1.165, 1.54) is 0 Å². The largest absolute Gasteiger partial charge is 0.490 e. The summed E-state index contributed by atoms with van der Waals surface area (Å²) >= 11 is 6.43. The number of nitrogens with one attached hydrogen (secondary N) is 1. The van der Waals surface area contributed by atoms with Crippen LogP contribution in [-0.2, 0) is 0 Å². The summed E-state index contributed by atoms with van der Waals surface area (Å²) in [7, 11) is 0. The van der Waals surface area contributed by atoms with E-state index in [-0.39, 0.29) is 12.6 Å². The first kappa shape index (κ1) is 18.3. The predicted octanol–water partition coefficient (Wildman–Crippen LogP) is 2.47. The molecule has 0 radical (unpaired) electrons. The molecule has 2 N–H and O–H groups in total. The molecule has 1 aromatic rings. The molecule has 6 heteroatoms. The third-order valence-electron chi connectivity index (χ3n) is 3.93. The molecule has 1 atom stereocenters. The molecule has 2 rings (SSSR count). The van der Waals surface area contributed by atoms with Gasteiger partial charge in [-0.2, -0.15) is 0 Å². The van der Waals surface area contributed by atoms with E-state index in [0.29, 0.717) is 29.7 Å². The second-order valence-corrected chi connectivity index (χ2v) is 6.00. The van der Waals surface area contributed by atoms with Crippen molar-refractivity contribution in [3.8, 4) is 11.5 Å². The van der Waals surface area contributed by atoms with Gasteiger partial charge in [-0.15, -0.1) is 0 Å². The van der Waals surface area contributed by atoms with Gasteiger partial charge in [-0.25, -0.2) is 0 Å². The first-order chi connectivity index (χ1) is 11.2. The van der Waals surface area contributed by atoms with Crippen molar-refractivity contribution in [2.45, 2.75) is 26.3 Å². The average molecular weight is 343 g/mol. The van der Waals surface area contributed by atoms with Crippen molar-refractivity contribution in [1.82, 2.24) is 10.2 Å². The number of aliphatic hydroxyl groups is 1. The number of nitrogens with zero attached hydrogens (tertiary/aromatic N) is 1. The molecule has 0 bridgehead atoms. The summed E-state index contributed by atoms with van der Waals surface area (Å²) in [4.78, 5) is 2.27. The van der Waals surface area contributed by atoms with E-state index in [0.717, 1.165) is 38.2 Å². The van der Waals surface area contributed by atoms with E-state index >= 15 is 0 Å². The molecule has 0 aromatic heterocycles. The van der Waals surface area contributed by atoms with Gasteiger partial charge in [0.25, 0.3) is 0 Å². The van der Waals surface area contributed by atoms with Crippen molar-refractivity contribution < 1.29 is 14.6 Å². The lowest BCUT2D eigenvalue weighted by atomic mass is 10.0. The zero-order valence-electron chi connectivity index (χ0n) is 14.0. The van der Waals surface area contributed by atoms with Gasteiger partial charge in [0.2, 0.25) is 0 Å². The second-order valence-electron chi connectivity index (χ2n) is 5.60. The lowest BCUT2D eigenvalue weighted by Crippen LogP contribution is -2.46. The lowest BCUT2D eigenvalue weighted by Gasteiger charge is -2.34. The molecule has 1 aliphatic rings. The van der Waals surface area contributed by atoms with Crippen molar-refractivity contribution in [2.24, 2.45) is 0 Å². The van der Waals surface area contributed by atoms with Crippen LogP contribution < -0.4 is 14.8 Å². The molecule has 1 unspecified atom stereocenters. The smallest absolute Gasteiger partial charge is 0.179 e. The minimum Gasteiger partial charge on any atom is -0.490 e. The number of piperazine rings is 1. The van der Waals surface area contributed by atoms with E-state index in [9.17, 15) is 5.11 Å². The zero-order chi connectivity index (χ0) is 16.7. The van der Waals surface area contributed by atoms with Gasteiger partial charge >= 0.3 is 0 Å². The Morgan fingerprint density at radius 3 is 2.61 bits per heavy atom. The van der Waals surface area contributed by atoms with Crippen LogP contribution in [0, 0.1) is 0 Å². The zero-order valence-corrected chi connectivity index (χ0v) is 14.7. The third-order valence-corrected chi connectivity index (χ3v) is 4.21. The van der Waals surface area contributed by atoms with Crippen LogP contribution in [0.15, 0.2) is 12.1 Å². The van der Waals surface area contributed by atoms with Crippen LogP contribution in [0.25, 0.3) is 0 Å². The summed E-state index contributed by atoms with van der Waals surface area (Å²) in [6, 6.07) is 3.76. The molecule has 1 aromatic carbocycles. The van der Waals surface area contributed by atoms with Crippen molar-refractivity contribution in [3.05, 3.63) is 22.7 Å². The maximum atomic E-state index is 9.88. The Kier molecular flexibility index (Phi) is 7.43. The SMILES string of the molecule is CCCOc1c(Cl)cc(C(CO)N2CCNCC2)cc1OCC. The van der Waals surface area contributed by atoms with E-state index in [2.05, 4.69) is 17.1 Å². The molecule has 0 spiro atoms. The maximum Gasteiger partial charge on any atom is 0.179 e. The Morgan fingerprint density at radius 2 is 2.00 bits per heavy atom. The Hall–Kier alpha value is -1.01. The minimum atomic E-state index is -0.0750. The van der Waals surface area contributed by atoms with Gasteiger partial charge in [0.1, 0.15) is 0 Å². The highest BCUT2D eigenvalue weighted by Gasteiger charge is 2.24. The highest BCUT2D eigenvalue weighted by atomic mass is 35.5. The molecular weight excluding hydrogens is 316 g/mol. The normalized spacial score (nSPS) is 17.0. The highest BCUT2D eigenvalue weighted by Crippen LogP contribution is 2.39. The fourth-order valence-corrected chi connectivity index (χ4v) is 3.09. The van der Waals surface area contributed by atoms with E-state index in [1.807, 2.05) is 19.1 Å². The Morgan fingerprint density at radius 1 is 1.26 bits per heavy atom. The number of aliphatic hydroxyl groups excluding tert-OH is 1. The first-order valence-electron chi connectivity index (χ1n) is 8.35. The van der Waals surface area contributed by atoms with Crippen LogP contribution in [0.5, 0.6) is 11.5 Å². The molecular formula is C17H27ClN2O3. The van der Waals surface area contributed by atoms with Crippen LogP contribution in [0.4, 0.5) is 0 Å². The van der Waals surface area contributed by atoms with Crippen LogP contribution in [0.2, 0.25) is 5.02 Å². The van der Waals surface area contributed by atoms with Crippen molar-refractivity contribution in [2.75, 3.05) is 46.0 Å². The standard InChI is InChI=1S/C17H27ClN2O3/c1-3-9-23-17-14(18)10-13(11-16(17)22-4-2)15(12-21)20-7-5-19-6-8-20/h10-11,15,19,21H,3-9,12H2,1-2H3. The van der Waals surface area contributed by atoms with Crippen molar-refractivity contribution in [3.63, 3.8) is 0 Å². The molecule has 1 heterocycles. The number of hydrogen-bond acceptors (Lipinski definition) is 5. The van der Waals surface area contributed by atoms with Crippen LogP contribution in [-0.4, -0.2) is 56.0 Å². The number of benzene rings is 1. The van der Waals surface area contributed by atoms with E-state index in [4.69, 9.17) is 21.1 Å². The molecule has 5 nitrogen and oxygen atoms in total. The summed E-state index contributed by atoms with van der Waals surface area (Å²) in [5.41, 5.74) is 0.965. The predicted molar refractivity (Wildman–Crippen MR) is 92.7 cm³/mol. The van der Waals surface area contributed by atoms with Gasteiger partial charge in [-0.1, -0.05) is 18.5 Å². The summed E-state index contributed by atoms with van der Waals surface area (Å²) in [5, 5.41) is 13.7. The first-order valence-corrected chi connectivity index (χ1v) is 8.73. The molecule has 0 amide bonds. The Bertz CT molecular complexity index is 493. The Labute approximate surface area is 143 Å². The quantitative estimate of drug-likeness (QED) is 0.760. The fourth-order valence-electron chi connectivity index (χ4n) is 2.81. The van der Waals surface area contributed by atoms with E-state index < -0.39 is 0 Å². The molecule has 1 aliphatic heterocycles. The van der Waals surface area contributed by atoms with Gasteiger partial charge in [0, 0.05) is 26.2 Å². The van der Waals surface area contributed by atoms with Crippen LogP contribution in [0.3, 0.4) is 0 Å². The van der Waals surface area contributed by atoms with Gasteiger partial charge in [0.15, 0.2) is 11.5 Å². The number of hydrogen-bond donors (Lipinski definition) is 2. The van der Waals surface area contributed by atoms with E-state index in [1.54, 1.807) is 0 Å². The molecule has 0 saturated carbocycles. The van der Waals surface area contributed by atoms with Crippen molar-refractivity contribution >= 4 is 11.6 Å². The van der Waals surface area contributed by atoms with Crippen molar-refractivity contribution in [1.29, 1.82) is 0 Å². The third kappa shape index (κ3) is 4.73. The second kappa shape index (κ2) is 9.33. The van der Waals surface area contributed by atoms with Gasteiger partial charge < -0.3 is 19.9 Å². The molecule has 130 valence electrons. The average Bonchev–Trinajstić information content (AvgIpc) is 2.56. The summed E-state index contributed by atoms with van der Waals surface area (Å²) in [6.45, 7) is 8.85. The molecule has 1 saturated heterocycles. The lowest BCUT2D eigenvalue weighted by molar-refractivity contribution is 0.110. The van der Waals surface area contributed by atoms with Crippen LogP contribution in [0.1, 0.15) is 31.9 Å². The molecule has 23 heavy (non-hydrogen) atoms. The minimum absolute atomic E-state index is 0.0526. The topological polar surface area (TPSA) is 54.0 Å². The number of halogens is 1. The van der Waals surface area contributed by atoms with Gasteiger partial charge in [-0.05, 0) is 31.0 Å². The monoisotopic (exact) mass is 342 g/mol. The summed E-state index contributed by atoms with van der Waals surface area (Å²) < 4.78 is 11.5. The number of rotatable bonds is 8. The summed E-state index contributed by atoms with van der Waals surface area (Å²) in [6.07, 6.45) is 0.906. The fraction of sp³-hybridized carbons (Fsp3) is 0.647. The van der Waals surface area contributed by atoms with Crippen LogP contribution >= 0.6 is 11.6 Å². The highest BCUT2D eigenvalue weighted by molar-refractivity contribution is 6.32. The number of ether oxygens (including phenoxy) is 2. The Balaban J connectivity index is 2.29. The molecule has 0 aliphatic carbocycles. The van der Waals surface area contributed by atoms with Gasteiger partial charge in [0.05, 0.1) is 30.9 Å². The molecule has 1 fully saturated rings. The van der Waals surface area contributed by atoms with Gasteiger partial charge in [-0.3, -0.25) is 4.90 Å². The maximum absolute atomic E-state index is 9.88. The summed E-state index contributed by atoms with van der Waals surface area (Å²) in [5.74, 6) is 1.24.